The van der Waals surface area contributed by atoms with Crippen LogP contribution in [0.15, 0.2) is 48.7 Å². The van der Waals surface area contributed by atoms with E-state index < -0.39 is 29.4 Å². The van der Waals surface area contributed by atoms with E-state index in [1.54, 1.807) is 23.0 Å². The number of H-pyrrole nitrogens is 1. The van der Waals surface area contributed by atoms with Gasteiger partial charge in [-0.05, 0) is 100 Å². The van der Waals surface area contributed by atoms with Gasteiger partial charge in [0.1, 0.15) is 11.6 Å². The van der Waals surface area contributed by atoms with E-state index >= 15 is 8.78 Å². The zero-order valence-electron chi connectivity index (χ0n) is 36.5. The molecule has 14 nitrogen and oxygen atoms in total. The van der Waals surface area contributed by atoms with Crippen molar-refractivity contribution in [2.75, 3.05) is 54.4 Å². The van der Waals surface area contributed by atoms with Gasteiger partial charge in [0.25, 0.3) is 5.91 Å². The average molecular weight is 863 g/mol. The fourth-order valence-electron chi connectivity index (χ4n) is 9.76. The van der Waals surface area contributed by atoms with Crippen LogP contribution in [-0.2, 0) is 16.6 Å². The SMILES string of the molecule is CC[C@H](C)CCCOc1c(-c2cc(C(=O)Nc3nc4ccc(N5CCN(C6CCN(c7cc(F)c([C@H]8CCC(=O)NC8=O)c(F)c7)CC6)CC56CC6)cc4[nH]3)cc(C)n2)cnn1C. The lowest BCUT2D eigenvalue weighted by Gasteiger charge is -2.48. The number of piperazine rings is 1. The van der Waals surface area contributed by atoms with Crippen molar-refractivity contribution in [2.45, 2.75) is 96.1 Å². The third kappa shape index (κ3) is 8.74. The van der Waals surface area contributed by atoms with Gasteiger partial charge >= 0.3 is 0 Å². The van der Waals surface area contributed by atoms with Crippen molar-refractivity contribution < 1.29 is 27.9 Å². The third-order valence-electron chi connectivity index (χ3n) is 13.7. The molecular formula is C47H56F2N10O4. The lowest BCUT2D eigenvalue weighted by atomic mass is 9.89. The van der Waals surface area contributed by atoms with Gasteiger partial charge in [-0.2, -0.15) is 5.10 Å². The standard InChI is InChI=1S/C47H56F2N10O4/c1-5-28(2)7-6-20-63-45-35(26-50-56(45)4)39-22-30(21-29(3)51-39)43(61)55-46-52-38-10-8-32(25-40(38)53-46)59-19-18-58(27-47(59)14-15-47)31-12-16-57(17-13-31)33-23-36(48)42(37(49)24-33)34-9-11-41(60)54-44(34)62/h8,10,21-26,28,31,34H,5-7,9,11-20,27H2,1-4H3,(H,54,60,62)(H2,52,53,55,61)/t28-,34+/m0/s1. The number of aromatic nitrogens is 5. The minimum absolute atomic E-state index is 0.0436. The molecule has 0 bridgehead atoms. The predicted molar refractivity (Wildman–Crippen MR) is 237 cm³/mol. The summed E-state index contributed by atoms with van der Waals surface area (Å²) in [6.07, 6.45) is 9.00. The number of aryl methyl sites for hydroxylation is 2. The van der Waals surface area contributed by atoms with E-state index in [0.717, 1.165) is 86.9 Å². The Morgan fingerprint density at radius 3 is 2.51 bits per heavy atom. The number of aromatic amines is 1. The summed E-state index contributed by atoms with van der Waals surface area (Å²) >= 11 is 0. The van der Waals surface area contributed by atoms with E-state index in [-0.39, 0.29) is 29.9 Å². The first-order valence-corrected chi connectivity index (χ1v) is 22.4. The van der Waals surface area contributed by atoms with Gasteiger partial charge in [-0.25, -0.2) is 18.4 Å². The normalized spacial score (nSPS) is 19.7. The van der Waals surface area contributed by atoms with E-state index in [0.29, 0.717) is 66.1 Å². The van der Waals surface area contributed by atoms with E-state index in [1.807, 2.05) is 24.9 Å². The number of nitrogens with zero attached hydrogens (tertiary/aromatic N) is 7. The summed E-state index contributed by atoms with van der Waals surface area (Å²) in [6.45, 7) is 10.9. The summed E-state index contributed by atoms with van der Waals surface area (Å²) in [4.78, 5) is 57.5. The fraction of sp³-hybridized carbons (Fsp3) is 0.489. The third-order valence-corrected chi connectivity index (χ3v) is 13.7. The number of hydrogen-bond acceptors (Lipinski definition) is 10. The number of fused-ring (bicyclic) bond motifs is 1. The van der Waals surface area contributed by atoms with E-state index in [1.165, 1.54) is 12.1 Å². The Morgan fingerprint density at radius 1 is 1.00 bits per heavy atom. The van der Waals surface area contributed by atoms with Crippen LogP contribution in [0.3, 0.4) is 0 Å². The van der Waals surface area contributed by atoms with Gasteiger partial charge in [0.15, 0.2) is 0 Å². The number of imide groups is 1. The van der Waals surface area contributed by atoms with Crippen molar-refractivity contribution >= 4 is 46.1 Å². The molecule has 0 radical (unpaired) electrons. The smallest absolute Gasteiger partial charge is 0.258 e. The van der Waals surface area contributed by atoms with Crippen LogP contribution in [-0.4, -0.2) is 98.3 Å². The molecule has 1 spiro atoms. The molecule has 2 atom stereocenters. The van der Waals surface area contributed by atoms with E-state index in [9.17, 15) is 14.4 Å². The molecule has 9 rings (SSSR count). The number of pyridine rings is 1. The molecule has 332 valence electrons. The maximum Gasteiger partial charge on any atom is 0.258 e. The van der Waals surface area contributed by atoms with Gasteiger partial charge in [-0.15, -0.1) is 0 Å². The van der Waals surface area contributed by atoms with Gasteiger partial charge in [-0.1, -0.05) is 20.3 Å². The summed E-state index contributed by atoms with van der Waals surface area (Å²) in [5.74, 6) is -2.25. The number of carbonyl (C=O) groups is 3. The molecule has 3 aromatic heterocycles. The Labute approximate surface area is 365 Å². The molecule has 1 saturated carbocycles. The van der Waals surface area contributed by atoms with Crippen LogP contribution in [0, 0.1) is 24.5 Å². The molecule has 5 aromatic rings. The molecule has 0 unspecified atom stereocenters. The van der Waals surface area contributed by atoms with Gasteiger partial charge in [0, 0.05) is 80.4 Å². The summed E-state index contributed by atoms with van der Waals surface area (Å²) in [7, 11) is 1.84. The summed E-state index contributed by atoms with van der Waals surface area (Å²) in [5, 5.41) is 9.59. The van der Waals surface area contributed by atoms with Crippen molar-refractivity contribution in [3.8, 4) is 17.1 Å². The second-order valence-corrected chi connectivity index (χ2v) is 18.0. The number of halogens is 2. The van der Waals surface area contributed by atoms with Crippen LogP contribution in [0.2, 0.25) is 0 Å². The molecule has 3 N–H and O–H groups in total. The van der Waals surface area contributed by atoms with Gasteiger partial charge in [0.05, 0.1) is 46.6 Å². The fourth-order valence-corrected chi connectivity index (χ4v) is 9.76. The molecule has 2 aromatic carbocycles. The average Bonchev–Trinajstić information content (AvgIpc) is 3.74. The molecular weight excluding hydrogens is 807 g/mol. The first-order chi connectivity index (χ1) is 30.4. The molecule has 3 aliphatic heterocycles. The molecule has 3 amide bonds. The molecule has 3 saturated heterocycles. The Balaban J connectivity index is 0.816. The lowest BCUT2D eigenvalue weighted by Crippen LogP contribution is -2.59. The topological polar surface area (TPSA) is 154 Å². The number of piperidine rings is 2. The maximum absolute atomic E-state index is 15.3. The number of anilines is 3. The Bertz CT molecular complexity index is 2520. The number of imidazole rings is 1. The number of benzene rings is 2. The van der Waals surface area contributed by atoms with Crippen LogP contribution in [0.5, 0.6) is 5.88 Å². The number of ether oxygens (including phenoxy) is 1. The minimum Gasteiger partial charge on any atom is -0.477 e. The summed E-state index contributed by atoms with van der Waals surface area (Å²) in [6, 6.07) is 12.8. The van der Waals surface area contributed by atoms with Crippen LogP contribution < -0.4 is 25.2 Å². The molecule has 6 heterocycles. The zero-order valence-corrected chi connectivity index (χ0v) is 36.5. The number of rotatable bonds is 13. The number of carbonyl (C=O) groups excluding carboxylic acids is 3. The van der Waals surface area contributed by atoms with Crippen LogP contribution in [0.1, 0.15) is 99.2 Å². The van der Waals surface area contributed by atoms with Crippen molar-refractivity contribution in [3.63, 3.8) is 0 Å². The molecule has 1 aliphatic carbocycles. The second kappa shape index (κ2) is 17.3. The van der Waals surface area contributed by atoms with Crippen LogP contribution >= 0.6 is 0 Å². The highest BCUT2D eigenvalue weighted by Crippen LogP contribution is 2.48. The van der Waals surface area contributed by atoms with Crippen LogP contribution in [0.4, 0.5) is 26.1 Å². The van der Waals surface area contributed by atoms with Gasteiger partial charge in [0.2, 0.25) is 23.6 Å². The summed E-state index contributed by atoms with van der Waals surface area (Å²) < 4.78 is 38.5. The highest BCUT2D eigenvalue weighted by atomic mass is 19.1. The van der Waals surface area contributed by atoms with Crippen molar-refractivity contribution in [1.82, 2.24) is 34.9 Å². The highest BCUT2D eigenvalue weighted by molar-refractivity contribution is 6.05. The Hall–Kier alpha value is -5.90. The van der Waals surface area contributed by atoms with Crippen LogP contribution in [0.25, 0.3) is 22.3 Å². The first-order valence-electron chi connectivity index (χ1n) is 22.4. The van der Waals surface area contributed by atoms with Crippen molar-refractivity contribution in [3.05, 3.63) is 77.1 Å². The monoisotopic (exact) mass is 862 g/mol. The number of amides is 3. The number of hydrogen-bond donors (Lipinski definition) is 3. The second-order valence-electron chi connectivity index (χ2n) is 18.0. The van der Waals surface area contributed by atoms with Crippen molar-refractivity contribution in [2.24, 2.45) is 13.0 Å². The lowest BCUT2D eigenvalue weighted by molar-refractivity contribution is -0.134. The zero-order chi connectivity index (χ0) is 44.0. The Kier molecular flexibility index (Phi) is 11.7. The molecule has 16 heteroatoms. The Morgan fingerprint density at radius 2 is 1.78 bits per heavy atom. The van der Waals surface area contributed by atoms with E-state index in [4.69, 9.17) is 14.7 Å². The van der Waals surface area contributed by atoms with Gasteiger partial charge < -0.3 is 19.5 Å². The molecule has 4 fully saturated rings. The molecule has 63 heavy (non-hydrogen) atoms. The van der Waals surface area contributed by atoms with Crippen molar-refractivity contribution in [1.29, 1.82) is 0 Å². The quantitative estimate of drug-likeness (QED) is 0.0816. The maximum atomic E-state index is 15.3. The predicted octanol–water partition coefficient (Wildman–Crippen LogP) is 7.25. The van der Waals surface area contributed by atoms with E-state index in [2.05, 4.69) is 56.5 Å². The number of nitrogens with one attached hydrogen (secondary N) is 3. The van der Waals surface area contributed by atoms with Gasteiger partial charge in [-0.3, -0.25) is 34.9 Å². The minimum atomic E-state index is -1.01. The largest absolute Gasteiger partial charge is 0.477 e. The molecule has 4 aliphatic rings. The first kappa shape index (κ1) is 42.4. The summed E-state index contributed by atoms with van der Waals surface area (Å²) in [5.41, 5.74) is 5.46. The highest BCUT2D eigenvalue weighted by Gasteiger charge is 2.52.